The van der Waals surface area contributed by atoms with Crippen molar-refractivity contribution in [2.45, 2.75) is 13.5 Å². The van der Waals surface area contributed by atoms with Gasteiger partial charge in [-0.3, -0.25) is 9.48 Å². The summed E-state index contributed by atoms with van der Waals surface area (Å²) in [6.07, 6.45) is 3.65. The number of carbonyl (C=O) groups is 1. The molecule has 0 aliphatic rings. The van der Waals surface area contributed by atoms with Crippen LogP contribution in [-0.2, 0) is 6.54 Å². The first-order valence-electron chi connectivity index (χ1n) is 10.9. The smallest absolute Gasteiger partial charge is 0.256 e. The van der Waals surface area contributed by atoms with Gasteiger partial charge in [-0.05, 0) is 66.1 Å². The number of nitrogens with zero attached hydrogens (tertiary/aromatic N) is 3. The van der Waals surface area contributed by atoms with E-state index in [0.717, 1.165) is 28.1 Å². The molecule has 1 heterocycles. The summed E-state index contributed by atoms with van der Waals surface area (Å²) in [5.74, 6) is 0.597. The number of nitrogens with one attached hydrogen (secondary N) is 1. The van der Waals surface area contributed by atoms with Gasteiger partial charge in [-0.15, -0.1) is 0 Å². The summed E-state index contributed by atoms with van der Waals surface area (Å²) < 4.78 is 7.60. The molecule has 33 heavy (non-hydrogen) atoms. The van der Waals surface area contributed by atoms with E-state index in [-0.39, 0.29) is 5.91 Å². The molecule has 6 heteroatoms. The van der Waals surface area contributed by atoms with Crippen LogP contribution in [0.3, 0.4) is 0 Å². The number of carbonyl (C=O) groups excluding carboxylic acids is 1. The largest absolute Gasteiger partial charge is 0.492 e. The van der Waals surface area contributed by atoms with Crippen LogP contribution in [0.4, 0.5) is 11.4 Å². The van der Waals surface area contributed by atoms with E-state index in [1.54, 1.807) is 6.20 Å². The monoisotopic (exact) mass is 440 g/mol. The number of hydrogen-bond acceptors (Lipinski definition) is 4. The van der Waals surface area contributed by atoms with E-state index in [1.165, 1.54) is 0 Å². The highest BCUT2D eigenvalue weighted by molar-refractivity contribution is 6.09. The summed E-state index contributed by atoms with van der Waals surface area (Å²) >= 11 is 0. The maximum absolute atomic E-state index is 13.3. The van der Waals surface area contributed by atoms with E-state index in [1.807, 2.05) is 96.6 Å². The fourth-order valence-corrected chi connectivity index (χ4v) is 3.75. The van der Waals surface area contributed by atoms with Gasteiger partial charge in [0.05, 0.1) is 6.54 Å². The third kappa shape index (κ3) is 5.41. The number of anilines is 2. The molecule has 0 fully saturated rings. The van der Waals surface area contributed by atoms with E-state index in [2.05, 4.69) is 23.4 Å². The Hall–Kier alpha value is -4.06. The maximum atomic E-state index is 13.3. The van der Waals surface area contributed by atoms with Crippen molar-refractivity contribution in [2.24, 2.45) is 0 Å². The molecule has 0 saturated heterocycles. The molecule has 6 nitrogen and oxygen atoms in total. The van der Waals surface area contributed by atoms with Gasteiger partial charge in [0.15, 0.2) is 0 Å². The molecule has 1 amide bonds. The lowest BCUT2D eigenvalue weighted by atomic mass is 9.95. The highest BCUT2D eigenvalue weighted by atomic mass is 16.5. The number of benzene rings is 3. The van der Waals surface area contributed by atoms with Gasteiger partial charge >= 0.3 is 0 Å². The van der Waals surface area contributed by atoms with Crippen molar-refractivity contribution in [1.29, 1.82) is 0 Å². The summed E-state index contributed by atoms with van der Waals surface area (Å²) in [7, 11) is 3.97. The summed E-state index contributed by atoms with van der Waals surface area (Å²) in [5, 5.41) is 7.19. The molecule has 0 saturated carbocycles. The van der Waals surface area contributed by atoms with Crippen LogP contribution in [0.15, 0.2) is 85.2 Å². The molecule has 1 aromatic heterocycles. The first kappa shape index (κ1) is 22.1. The summed E-state index contributed by atoms with van der Waals surface area (Å²) in [5.41, 5.74) is 5.40. The van der Waals surface area contributed by atoms with Crippen LogP contribution in [0.2, 0.25) is 0 Å². The molecule has 4 aromatic rings. The molecule has 0 spiro atoms. The molecule has 0 bridgehead atoms. The summed E-state index contributed by atoms with van der Waals surface area (Å²) in [6, 6.07) is 23.3. The molecule has 0 aliphatic heterocycles. The number of ether oxygens (including phenoxy) is 1. The molecular formula is C27H28N4O2. The average molecular weight is 441 g/mol. The predicted octanol–water partition coefficient (Wildman–Crippen LogP) is 5.26. The quantitative estimate of drug-likeness (QED) is 0.406. The molecule has 168 valence electrons. The third-order valence-corrected chi connectivity index (χ3v) is 5.41. The maximum Gasteiger partial charge on any atom is 0.256 e. The van der Waals surface area contributed by atoms with Gasteiger partial charge in [-0.25, -0.2) is 0 Å². The van der Waals surface area contributed by atoms with Crippen molar-refractivity contribution < 1.29 is 9.53 Å². The van der Waals surface area contributed by atoms with Crippen molar-refractivity contribution in [3.05, 3.63) is 96.3 Å². The van der Waals surface area contributed by atoms with E-state index in [4.69, 9.17) is 4.74 Å². The van der Waals surface area contributed by atoms with Crippen LogP contribution in [-0.4, -0.2) is 36.4 Å². The molecule has 0 radical (unpaired) electrons. The van der Waals surface area contributed by atoms with Crippen molar-refractivity contribution in [3.63, 3.8) is 0 Å². The molecule has 0 aliphatic carbocycles. The van der Waals surface area contributed by atoms with Gasteiger partial charge in [-0.2, -0.15) is 5.10 Å². The molecule has 3 aromatic carbocycles. The molecule has 0 unspecified atom stereocenters. The normalized spacial score (nSPS) is 10.6. The fourth-order valence-electron chi connectivity index (χ4n) is 3.75. The van der Waals surface area contributed by atoms with Gasteiger partial charge in [0.1, 0.15) is 12.4 Å². The minimum absolute atomic E-state index is 0.149. The number of aromatic nitrogens is 2. The molecule has 0 atom stereocenters. The Morgan fingerprint density at radius 3 is 2.45 bits per heavy atom. The minimum Gasteiger partial charge on any atom is -0.492 e. The Kier molecular flexibility index (Phi) is 6.74. The van der Waals surface area contributed by atoms with Crippen molar-refractivity contribution in [3.8, 4) is 16.9 Å². The van der Waals surface area contributed by atoms with Crippen LogP contribution in [0, 0.1) is 6.92 Å². The van der Waals surface area contributed by atoms with Crippen molar-refractivity contribution >= 4 is 17.3 Å². The zero-order valence-corrected chi connectivity index (χ0v) is 19.2. The topological polar surface area (TPSA) is 59.4 Å². The van der Waals surface area contributed by atoms with Crippen molar-refractivity contribution in [1.82, 2.24) is 9.78 Å². The van der Waals surface area contributed by atoms with E-state index in [9.17, 15) is 4.79 Å². The second-order valence-corrected chi connectivity index (χ2v) is 8.04. The van der Waals surface area contributed by atoms with Crippen LogP contribution in [0.1, 0.15) is 15.9 Å². The lowest BCUT2D eigenvalue weighted by molar-refractivity contribution is 0.102. The Balaban J connectivity index is 1.51. The summed E-state index contributed by atoms with van der Waals surface area (Å²) in [4.78, 5) is 15.3. The Labute approximate surface area is 194 Å². The van der Waals surface area contributed by atoms with Crippen LogP contribution in [0.25, 0.3) is 11.1 Å². The Morgan fingerprint density at radius 2 is 1.79 bits per heavy atom. The summed E-state index contributed by atoms with van der Waals surface area (Å²) in [6.45, 7) is 3.26. The fraction of sp³-hybridized carbons (Fsp3) is 0.185. The number of aryl methyl sites for hydroxylation is 1. The third-order valence-electron chi connectivity index (χ3n) is 5.41. The second-order valence-electron chi connectivity index (χ2n) is 8.04. The van der Waals surface area contributed by atoms with Gasteiger partial charge in [-0.1, -0.05) is 30.3 Å². The van der Waals surface area contributed by atoms with Crippen molar-refractivity contribution in [2.75, 3.05) is 30.9 Å². The lowest BCUT2D eigenvalue weighted by Gasteiger charge is -2.20. The number of hydrogen-bond donors (Lipinski definition) is 1. The molecule has 1 N–H and O–H groups in total. The SMILES string of the molecule is Cc1cc(-c2ccccc2)c(C(=O)Nc2ccc(OCCn3cccn3)cc2)cc1N(C)C. The first-order valence-corrected chi connectivity index (χ1v) is 10.9. The van der Waals surface area contributed by atoms with Crippen LogP contribution >= 0.6 is 0 Å². The Morgan fingerprint density at radius 1 is 1.03 bits per heavy atom. The van der Waals surface area contributed by atoms with Gasteiger partial charge in [0.2, 0.25) is 0 Å². The predicted molar refractivity (Wildman–Crippen MR) is 133 cm³/mol. The lowest BCUT2D eigenvalue weighted by Crippen LogP contribution is -2.16. The zero-order valence-electron chi connectivity index (χ0n) is 19.2. The zero-order chi connectivity index (χ0) is 23.2. The highest BCUT2D eigenvalue weighted by Crippen LogP contribution is 2.31. The minimum atomic E-state index is -0.149. The van der Waals surface area contributed by atoms with Crippen LogP contribution < -0.4 is 15.0 Å². The highest BCUT2D eigenvalue weighted by Gasteiger charge is 2.17. The number of rotatable bonds is 8. The van der Waals surface area contributed by atoms with Crippen LogP contribution in [0.5, 0.6) is 5.75 Å². The van der Waals surface area contributed by atoms with E-state index < -0.39 is 0 Å². The van der Waals surface area contributed by atoms with E-state index >= 15 is 0 Å². The van der Waals surface area contributed by atoms with E-state index in [0.29, 0.717) is 24.4 Å². The Bertz CT molecular complexity index is 1200. The van der Waals surface area contributed by atoms with Gasteiger partial charge < -0.3 is 15.0 Å². The number of amides is 1. The van der Waals surface area contributed by atoms with Gasteiger partial charge in [0, 0.05) is 43.4 Å². The van der Waals surface area contributed by atoms with Gasteiger partial charge in [0.25, 0.3) is 5.91 Å². The second kappa shape index (κ2) is 10.0. The molecular weight excluding hydrogens is 412 g/mol. The standard InChI is InChI=1S/C27H28N4O2/c1-20-18-24(21-8-5-4-6-9-21)25(19-26(20)30(2)3)27(32)29-22-10-12-23(13-11-22)33-17-16-31-15-7-14-28-31/h4-15,18-19H,16-17H2,1-3H3,(H,29,32). The molecule has 4 rings (SSSR count). The average Bonchev–Trinajstić information content (AvgIpc) is 3.34. The first-order chi connectivity index (χ1) is 16.0.